The van der Waals surface area contributed by atoms with Crippen molar-refractivity contribution in [1.82, 2.24) is 0 Å². The minimum atomic E-state index is -1.55. The number of fused-ring (bicyclic) bond motifs is 1. The number of carbonyl (C=O) groups is 1. The van der Waals surface area contributed by atoms with Gasteiger partial charge in [0, 0.05) is 11.1 Å². The molecule has 0 radical (unpaired) electrons. The van der Waals surface area contributed by atoms with Crippen molar-refractivity contribution in [2.75, 3.05) is 13.2 Å². The molecular formula is C19H24O9. The Morgan fingerprint density at radius 3 is 2.54 bits per heavy atom. The predicted octanol–water partition coefficient (Wildman–Crippen LogP) is -0.944. The molecule has 0 amide bonds. The average molecular weight is 396 g/mol. The maximum absolute atomic E-state index is 11.5. The van der Waals surface area contributed by atoms with E-state index < -0.39 is 49.5 Å². The second-order valence-corrected chi connectivity index (χ2v) is 6.96. The van der Waals surface area contributed by atoms with Crippen LogP contribution in [-0.2, 0) is 9.47 Å². The fourth-order valence-electron chi connectivity index (χ4n) is 3.25. The number of hydrogen-bond donors (Lipinski definition) is 5. The first kappa shape index (κ1) is 20.9. The first-order valence-corrected chi connectivity index (χ1v) is 8.84. The number of hydrogen-bond acceptors (Lipinski definition) is 9. The maximum Gasteiger partial charge on any atom is 0.187 e. The van der Waals surface area contributed by atoms with Gasteiger partial charge in [-0.2, -0.15) is 0 Å². The molecule has 2 aliphatic heterocycles. The fourth-order valence-corrected chi connectivity index (χ4v) is 3.25. The zero-order chi connectivity index (χ0) is 20.6. The van der Waals surface area contributed by atoms with Gasteiger partial charge in [-0.05, 0) is 30.7 Å². The standard InChI is InChI=1S/C19H24O9/c1-8(7-26-19-17(25)16(24)15(23)13(6-20)28-19)18-14(22)11-5-10(9(2)21)3-4-12(11)27-18/h3-5,13-20,22-25H,1,6-7H2,2H3. The van der Waals surface area contributed by atoms with Gasteiger partial charge in [-0.1, -0.05) is 6.58 Å². The molecule has 154 valence electrons. The number of ether oxygens (including phenoxy) is 3. The third-order valence-corrected chi connectivity index (χ3v) is 4.96. The van der Waals surface area contributed by atoms with Crippen molar-refractivity contribution >= 4 is 5.78 Å². The Morgan fingerprint density at radius 2 is 1.89 bits per heavy atom. The van der Waals surface area contributed by atoms with Gasteiger partial charge in [0.25, 0.3) is 0 Å². The van der Waals surface area contributed by atoms with Gasteiger partial charge in [-0.25, -0.2) is 0 Å². The second kappa shape index (κ2) is 8.26. The lowest BCUT2D eigenvalue weighted by atomic mass is 9.98. The summed E-state index contributed by atoms with van der Waals surface area (Å²) in [6, 6.07) is 4.76. The van der Waals surface area contributed by atoms with Crippen LogP contribution in [0.25, 0.3) is 0 Å². The molecule has 9 heteroatoms. The summed E-state index contributed by atoms with van der Waals surface area (Å²) < 4.78 is 16.4. The van der Waals surface area contributed by atoms with Crippen LogP contribution in [0.1, 0.15) is 28.9 Å². The number of carbonyl (C=O) groups excluding carboxylic acids is 1. The normalized spacial score (nSPS) is 34.6. The highest BCUT2D eigenvalue weighted by atomic mass is 16.7. The molecule has 0 saturated carbocycles. The Kier molecular flexibility index (Phi) is 6.15. The smallest absolute Gasteiger partial charge is 0.187 e. The molecule has 7 atom stereocenters. The molecule has 28 heavy (non-hydrogen) atoms. The van der Waals surface area contributed by atoms with E-state index in [0.717, 1.165) is 0 Å². The summed E-state index contributed by atoms with van der Waals surface area (Å²) in [6.45, 7) is 4.51. The van der Waals surface area contributed by atoms with Crippen LogP contribution in [0.3, 0.4) is 0 Å². The van der Waals surface area contributed by atoms with Crippen molar-refractivity contribution < 1.29 is 44.5 Å². The van der Waals surface area contributed by atoms with Crippen molar-refractivity contribution in [2.45, 2.75) is 49.8 Å². The molecule has 9 nitrogen and oxygen atoms in total. The molecule has 0 aliphatic carbocycles. The van der Waals surface area contributed by atoms with Crippen LogP contribution in [0, 0.1) is 0 Å². The summed E-state index contributed by atoms with van der Waals surface area (Å²) in [5.41, 5.74) is 1.25. The summed E-state index contributed by atoms with van der Waals surface area (Å²) in [6.07, 6.45) is -8.84. The first-order valence-electron chi connectivity index (χ1n) is 8.84. The molecule has 1 fully saturated rings. The van der Waals surface area contributed by atoms with Crippen molar-refractivity contribution in [1.29, 1.82) is 0 Å². The van der Waals surface area contributed by atoms with Gasteiger partial charge in [0.2, 0.25) is 0 Å². The maximum atomic E-state index is 11.5. The summed E-state index contributed by atoms with van der Waals surface area (Å²) in [5, 5.41) is 49.3. The third-order valence-electron chi connectivity index (χ3n) is 4.96. The molecule has 0 spiro atoms. The Morgan fingerprint density at radius 1 is 1.18 bits per heavy atom. The summed E-state index contributed by atoms with van der Waals surface area (Å²) in [5.74, 6) is 0.291. The van der Waals surface area contributed by atoms with Crippen molar-refractivity contribution in [3.8, 4) is 5.75 Å². The van der Waals surface area contributed by atoms with Gasteiger partial charge in [0.1, 0.15) is 36.3 Å². The van der Waals surface area contributed by atoms with Crippen LogP contribution in [-0.4, -0.2) is 81.3 Å². The largest absolute Gasteiger partial charge is 0.483 e. The van der Waals surface area contributed by atoms with E-state index in [4.69, 9.17) is 14.2 Å². The molecule has 2 heterocycles. The Bertz CT molecular complexity index is 747. The average Bonchev–Trinajstić information content (AvgIpc) is 3.01. The number of aliphatic hydroxyl groups is 5. The number of rotatable bonds is 6. The topological polar surface area (TPSA) is 146 Å². The van der Waals surface area contributed by atoms with Crippen molar-refractivity contribution in [3.05, 3.63) is 41.5 Å². The number of aliphatic hydroxyl groups excluding tert-OH is 5. The van der Waals surface area contributed by atoms with Crippen LogP contribution in [0.4, 0.5) is 0 Å². The van der Waals surface area contributed by atoms with E-state index in [2.05, 4.69) is 6.58 Å². The van der Waals surface area contributed by atoms with Crippen LogP contribution in [0.2, 0.25) is 0 Å². The lowest BCUT2D eigenvalue weighted by Crippen LogP contribution is -2.59. The quantitative estimate of drug-likeness (QED) is 0.304. The number of ketones is 1. The van der Waals surface area contributed by atoms with Crippen LogP contribution in [0.15, 0.2) is 30.4 Å². The molecule has 2 aliphatic rings. The highest BCUT2D eigenvalue weighted by Crippen LogP contribution is 2.39. The minimum Gasteiger partial charge on any atom is -0.483 e. The van der Waals surface area contributed by atoms with E-state index in [1.807, 2.05) is 0 Å². The number of Topliss-reactive ketones (excluding diaryl/α,β-unsaturated/α-hetero) is 1. The zero-order valence-electron chi connectivity index (χ0n) is 15.3. The minimum absolute atomic E-state index is 0.136. The highest BCUT2D eigenvalue weighted by Gasteiger charge is 2.44. The Hall–Kier alpha value is -1.85. The van der Waals surface area contributed by atoms with Gasteiger partial charge >= 0.3 is 0 Å². The lowest BCUT2D eigenvalue weighted by Gasteiger charge is -2.39. The Balaban J connectivity index is 1.63. The van der Waals surface area contributed by atoms with E-state index in [9.17, 15) is 30.3 Å². The monoisotopic (exact) mass is 396 g/mol. The van der Waals surface area contributed by atoms with E-state index in [0.29, 0.717) is 22.4 Å². The van der Waals surface area contributed by atoms with E-state index >= 15 is 0 Å². The molecule has 1 aromatic rings. The fraction of sp³-hybridized carbons (Fsp3) is 0.526. The summed E-state index contributed by atoms with van der Waals surface area (Å²) >= 11 is 0. The molecular weight excluding hydrogens is 372 g/mol. The van der Waals surface area contributed by atoms with Gasteiger partial charge in [-0.3, -0.25) is 4.79 Å². The predicted molar refractivity (Wildman–Crippen MR) is 94.7 cm³/mol. The number of benzene rings is 1. The molecule has 7 unspecified atom stereocenters. The molecule has 3 rings (SSSR count). The molecule has 0 aromatic heterocycles. The molecule has 1 saturated heterocycles. The molecule has 5 N–H and O–H groups in total. The first-order chi connectivity index (χ1) is 13.2. The third kappa shape index (κ3) is 3.83. The summed E-state index contributed by atoms with van der Waals surface area (Å²) in [7, 11) is 0. The van der Waals surface area contributed by atoms with Gasteiger partial charge in [0.15, 0.2) is 18.2 Å². The van der Waals surface area contributed by atoms with Crippen LogP contribution in [0.5, 0.6) is 5.75 Å². The van der Waals surface area contributed by atoms with E-state index in [1.165, 1.54) is 6.92 Å². The molecule has 0 bridgehead atoms. The highest BCUT2D eigenvalue weighted by molar-refractivity contribution is 5.94. The van der Waals surface area contributed by atoms with Crippen molar-refractivity contribution in [3.63, 3.8) is 0 Å². The van der Waals surface area contributed by atoms with Crippen LogP contribution >= 0.6 is 0 Å². The van der Waals surface area contributed by atoms with Crippen molar-refractivity contribution in [2.24, 2.45) is 0 Å². The SMILES string of the molecule is C=C(COC1OC(CO)C(O)C(O)C1O)C1Oc2ccc(C(C)=O)cc2C1O. The lowest BCUT2D eigenvalue weighted by molar-refractivity contribution is -0.299. The van der Waals surface area contributed by atoms with Crippen LogP contribution < -0.4 is 4.74 Å². The Labute approximate surface area is 161 Å². The van der Waals surface area contributed by atoms with Gasteiger partial charge < -0.3 is 39.7 Å². The molecule has 1 aromatic carbocycles. The van der Waals surface area contributed by atoms with Gasteiger partial charge in [0.05, 0.1) is 13.2 Å². The van der Waals surface area contributed by atoms with E-state index in [-0.39, 0.29) is 12.4 Å². The summed E-state index contributed by atoms with van der Waals surface area (Å²) in [4.78, 5) is 11.5. The zero-order valence-corrected chi connectivity index (χ0v) is 15.3. The van der Waals surface area contributed by atoms with Gasteiger partial charge in [-0.15, -0.1) is 0 Å². The second-order valence-electron chi connectivity index (χ2n) is 6.96. The van der Waals surface area contributed by atoms with E-state index in [1.54, 1.807) is 18.2 Å².